The van der Waals surface area contributed by atoms with Gasteiger partial charge in [-0.3, -0.25) is 0 Å². The van der Waals surface area contributed by atoms with Crippen molar-refractivity contribution in [2.24, 2.45) is 0 Å². The predicted molar refractivity (Wildman–Crippen MR) is 85.6 cm³/mol. The van der Waals surface area contributed by atoms with Crippen molar-refractivity contribution in [3.05, 3.63) is 36.4 Å². The van der Waals surface area contributed by atoms with E-state index in [0.29, 0.717) is 13.2 Å². The molecule has 0 spiro atoms. The molecule has 1 fully saturated rings. The van der Waals surface area contributed by atoms with Crippen molar-refractivity contribution in [1.29, 1.82) is 0 Å². The second kappa shape index (κ2) is 6.42. The van der Waals surface area contributed by atoms with E-state index in [1.165, 1.54) is 35.7 Å². The molecule has 1 aliphatic rings. The summed E-state index contributed by atoms with van der Waals surface area (Å²) in [6.45, 7) is 1.24. The third-order valence-corrected chi connectivity index (χ3v) is 7.13. The lowest BCUT2D eigenvalue weighted by molar-refractivity contribution is 0.147. The van der Waals surface area contributed by atoms with Gasteiger partial charge in [-0.25, -0.2) is 0 Å². The summed E-state index contributed by atoms with van der Waals surface area (Å²) in [5.41, 5.74) is 0. The number of benzene rings is 2. The largest absolute Gasteiger partial charge is 0.491 e. The highest BCUT2D eigenvalue weighted by atomic mass is 28.3. The van der Waals surface area contributed by atoms with E-state index in [0.717, 1.165) is 5.75 Å². The Morgan fingerprint density at radius 2 is 1.70 bits per heavy atom. The lowest BCUT2D eigenvalue weighted by Crippen LogP contribution is -2.27. The maximum atomic E-state index is 5.86. The Morgan fingerprint density at radius 1 is 0.950 bits per heavy atom. The molecule has 2 nitrogen and oxygen atoms in total. The van der Waals surface area contributed by atoms with Gasteiger partial charge in [0.25, 0.3) is 0 Å². The van der Waals surface area contributed by atoms with Gasteiger partial charge in [0, 0.05) is 12.5 Å². The highest BCUT2D eigenvalue weighted by molar-refractivity contribution is 6.76. The van der Waals surface area contributed by atoms with E-state index in [1.807, 2.05) is 0 Å². The van der Waals surface area contributed by atoms with Gasteiger partial charge in [-0.05, 0) is 11.5 Å². The standard InChI is InChI=1S/C17H21O2Si/c1-18-10-11-19-16-8-9-17(20-12-4-5-13-20)15-7-3-2-6-14(15)16/h2-3,6-9H,4-5,10-13H2,1H3. The molecule has 0 unspecified atom stereocenters. The van der Waals surface area contributed by atoms with Crippen LogP contribution in [0.4, 0.5) is 0 Å². The van der Waals surface area contributed by atoms with Crippen molar-refractivity contribution >= 4 is 24.8 Å². The van der Waals surface area contributed by atoms with Gasteiger partial charge in [0.1, 0.15) is 12.4 Å². The Balaban J connectivity index is 1.96. The Labute approximate surface area is 122 Å². The third kappa shape index (κ3) is 2.74. The van der Waals surface area contributed by atoms with Crippen LogP contribution in [0, 0.1) is 0 Å². The zero-order valence-corrected chi connectivity index (χ0v) is 13.0. The summed E-state index contributed by atoms with van der Waals surface area (Å²) in [5.74, 6) is 0.988. The smallest absolute Gasteiger partial charge is 0.127 e. The van der Waals surface area contributed by atoms with E-state index in [4.69, 9.17) is 9.47 Å². The summed E-state index contributed by atoms with van der Waals surface area (Å²) in [6.07, 6.45) is 2.82. The van der Waals surface area contributed by atoms with Gasteiger partial charge in [0.2, 0.25) is 0 Å². The van der Waals surface area contributed by atoms with E-state index in [1.54, 1.807) is 12.3 Å². The third-order valence-electron chi connectivity index (χ3n) is 4.02. The lowest BCUT2D eigenvalue weighted by Gasteiger charge is -2.15. The fourth-order valence-corrected chi connectivity index (χ4v) is 6.07. The van der Waals surface area contributed by atoms with E-state index >= 15 is 0 Å². The average molecular weight is 285 g/mol. The van der Waals surface area contributed by atoms with Crippen molar-refractivity contribution in [3.8, 4) is 5.75 Å². The van der Waals surface area contributed by atoms with Crippen LogP contribution >= 0.6 is 0 Å². The first-order chi connectivity index (χ1) is 9.90. The van der Waals surface area contributed by atoms with Crippen molar-refractivity contribution in [3.63, 3.8) is 0 Å². The second-order valence-electron chi connectivity index (χ2n) is 5.31. The molecular formula is C17H21O2Si. The summed E-state index contributed by atoms with van der Waals surface area (Å²) in [6, 6.07) is 16.0. The van der Waals surface area contributed by atoms with Gasteiger partial charge < -0.3 is 9.47 Å². The summed E-state index contributed by atoms with van der Waals surface area (Å²) in [7, 11) is 1.37. The van der Waals surface area contributed by atoms with Crippen LogP contribution in [0.1, 0.15) is 12.8 Å². The van der Waals surface area contributed by atoms with Crippen LogP contribution < -0.4 is 9.92 Å². The van der Waals surface area contributed by atoms with E-state index in [-0.39, 0.29) is 8.80 Å². The van der Waals surface area contributed by atoms with Crippen LogP contribution in [0.3, 0.4) is 0 Å². The first-order valence-corrected chi connectivity index (χ1v) is 9.30. The number of fused-ring (bicyclic) bond motifs is 1. The van der Waals surface area contributed by atoms with Crippen LogP contribution in [-0.4, -0.2) is 29.1 Å². The van der Waals surface area contributed by atoms with Gasteiger partial charge in [-0.1, -0.05) is 60.4 Å². The van der Waals surface area contributed by atoms with Crippen molar-refractivity contribution < 1.29 is 9.47 Å². The molecule has 2 aromatic rings. The predicted octanol–water partition coefficient (Wildman–Crippen LogP) is 3.36. The summed E-state index contributed by atoms with van der Waals surface area (Å²) >= 11 is 0. The molecule has 0 aliphatic carbocycles. The van der Waals surface area contributed by atoms with E-state index < -0.39 is 0 Å². The maximum absolute atomic E-state index is 5.86. The van der Waals surface area contributed by atoms with Gasteiger partial charge in [0.15, 0.2) is 0 Å². The molecule has 3 rings (SSSR count). The van der Waals surface area contributed by atoms with Crippen molar-refractivity contribution in [1.82, 2.24) is 0 Å². The highest BCUT2D eigenvalue weighted by Gasteiger charge is 2.21. The molecule has 1 aliphatic heterocycles. The molecule has 0 bridgehead atoms. The topological polar surface area (TPSA) is 18.5 Å². The first kappa shape index (κ1) is 13.7. The van der Waals surface area contributed by atoms with Crippen molar-refractivity contribution in [2.75, 3.05) is 20.3 Å². The Bertz CT molecular complexity index is 576. The molecule has 0 amide bonds. The van der Waals surface area contributed by atoms with Crippen LogP contribution in [-0.2, 0) is 4.74 Å². The number of methoxy groups -OCH3 is 1. The molecule has 1 radical (unpaired) electrons. The van der Waals surface area contributed by atoms with E-state index in [9.17, 15) is 0 Å². The minimum absolute atomic E-state index is 0.336. The summed E-state index contributed by atoms with van der Waals surface area (Å²) in [4.78, 5) is 0. The molecule has 1 saturated heterocycles. The van der Waals surface area contributed by atoms with Gasteiger partial charge in [-0.2, -0.15) is 0 Å². The second-order valence-corrected chi connectivity index (χ2v) is 8.05. The van der Waals surface area contributed by atoms with Crippen LogP contribution in [0.25, 0.3) is 10.8 Å². The first-order valence-electron chi connectivity index (χ1n) is 7.38. The molecule has 0 N–H and O–H groups in total. The monoisotopic (exact) mass is 285 g/mol. The summed E-state index contributed by atoms with van der Waals surface area (Å²) < 4.78 is 10.9. The van der Waals surface area contributed by atoms with Gasteiger partial charge in [-0.15, -0.1) is 0 Å². The van der Waals surface area contributed by atoms with Crippen LogP contribution in [0.2, 0.25) is 12.1 Å². The Kier molecular flexibility index (Phi) is 4.38. The fraction of sp³-hybridized carbons (Fsp3) is 0.412. The highest BCUT2D eigenvalue weighted by Crippen LogP contribution is 2.27. The molecular weight excluding hydrogens is 264 g/mol. The van der Waals surface area contributed by atoms with Gasteiger partial charge in [0.05, 0.1) is 15.4 Å². The zero-order valence-electron chi connectivity index (χ0n) is 12.0. The van der Waals surface area contributed by atoms with Gasteiger partial charge >= 0.3 is 0 Å². The number of ether oxygens (including phenoxy) is 2. The minimum atomic E-state index is -0.336. The number of rotatable bonds is 5. The SMILES string of the molecule is COCCOc1ccc([Si]2CCCC2)c2ccccc12. The van der Waals surface area contributed by atoms with Crippen LogP contribution in [0.15, 0.2) is 36.4 Å². The number of hydrogen-bond acceptors (Lipinski definition) is 2. The summed E-state index contributed by atoms with van der Waals surface area (Å²) in [5, 5.41) is 4.26. The minimum Gasteiger partial charge on any atom is -0.491 e. The Morgan fingerprint density at radius 3 is 2.45 bits per heavy atom. The number of hydrogen-bond donors (Lipinski definition) is 0. The maximum Gasteiger partial charge on any atom is 0.127 e. The normalized spacial score (nSPS) is 15.8. The lowest BCUT2D eigenvalue weighted by atomic mass is 10.1. The van der Waals surface area contributed by atoms with Crippen molar-refractivity contribution in [2.45, 2.75) is 24.9 Å². The molecule has 3 heteroatoms. The molecule has 0 saturated carbocycles. The fourth-order valence-electron chi connectivity index (χ4n) is 3.01. The Hall–Kier alpha value is -1.32. The molecule has 1 heterocycles. The zero-order chi connectivity index (χ0) is 13.8. The molecule has 105 valence electrons. The average Bonchev–Trinajstić information content (AvgIpc) is 3.01. The molecule has 0 aromatic heterocycles. The molecule has 0 atom stereocenters. The quantitative estimate of drug-likeness (QED) is 0.619. The molecule has 2 aromatic carbocycles. The van der Waals surface area contributed by atoms with Crippen LogP contribution in [0.5, 0.6) is 5.75 Å². The molecule has 20 heavy (non-hydrogen) atoms. The van der Waals surface area contributed by atoms with E-state index in [2.05, 4.69) is 36.4 Å².